The number of hydrogen-bond acceptors (Lipinski definition) is 6. The van der Waals surface area contributed by atoms with Crippen LogP contribution in [0.25, 0.3) is 0 Å². The molecule has 1 aromatic carbocycles. The van der Waals surface area contributed by atoms with E-state index in [9.17, 15) is 5.11 Å². The molecule has 2 N–H and O–H groups in total. The van der Waals surface area contributed by atoms with Crippen molar-refractivity contribution < 1.29 is 14.4 Å². The number of hydrogen-bond donors (Lipinski definition) is 2. The molecule has 0 amide bonds. The van der Waals surface area contributed by atoms with Gasteiger partial charge in [0.15, 0.2) is 5.96 Å². The van der Waals surface area contributed by atoms with E-state index in [1.807, 2.05) is 50.2 Å². The fourth-order valence-corrected chi connectivity index (χ4v) is 3.59. The van der Waals surface area contributed by atoms with Gasteiger partial charge >= 0.3 is 0 Å². The summed E-state index contributed by atoms with van der Waals surface area (Å²) < 4.78 is 11.0. The van der Waals surface area contributed by atoms with Crippen molar-refractivity contribution in [1.82, 2.24) is 20.3 Å². The first-order valence-corrected chi connectivity index (χ1v) is 11.1. The van der Waals surface area contributed by atoms with Crippen LogP contribution in [-0.4, -0.2) is 78.0 Å². The minimum Gasteiger partial charge on any atom is -0.389 e. The number of aliphatic hydroxyl groups is 1. The fraction of sp³-hybridized carbons (Fsp3) is 0.565. The van der Waals surface area contributed by atoms with Gasteiger partial charge in [-0.2, -0.15) is 0 Å². The number of nitrogens with one attached hydrogen (secondary N) is 1. The molecule has 0 bridgehead atoms. The van der Waals surface area contributed by atoms with E-state index in [4.69, 9.17) is 9.26 Å². The maximum absolute atomic E-state index is 10.4. The minimum absolute atomic E-state index is 0.0605. The molecule has 2 aromatic rings. The lowest BCUT2D eigenvalue weighted by atomic mass is 10.1. The molecule has 170 valence electrons. The summed E-state index contributed by atoms with van der Waals surface area (Å²) in [7, 11) is 0. The Morgan fingerprint density at radius 1 is 1.26 bits per heavy atom. The summed E-state index contributed by atoms with van der Waals surface area (Å²) in [6, 6.07) is 12.0. The third-order valence-electron chi connectivity index (χ3n) is 5.33. The van der Waals surface area contributed by atoms with Gasteiger partial charge in [0.2, 0.25) is 0 Å². The lowest BCUT2D eigenvalue weighted by Gasteiger charge is -2.36. The summed E-state index contributed by atoms with van der Waals surface area (Å²) in [6.07, 6.45) is -0.703. The van der Waals surface area contributed by atoms with E-state index in [0.29, 0.717) is 6.54 Å². The maximum atomic E-state index is 10.4. The topological polar surface area (TPSA) is 86.4 Å². The summed E-state index contributed by atoms with van der Waals surface area (Å²) in [5.74, 6) is 1.69. The van der Waals surface area contributed by atoms with Crippen LogP contribution in [0.4, 0.5) is 0 Å². The van der Waals surface area contributed by atoms with E-state index in [-0.39, 0.29) is 12.7 Å². The first-order valence-electron chi connectivity index (χ1n) is 11.1. The molecule has 0 aliphatic carbocycles. The summed E-state index contributed by atoms with van der Waals surface area (Å²) in [4.78, 5) is 9.27. The quantitative estimate of drug-likeness (QED) is 0.467. The van der Waals surface area contributed by atoms with E-state index in [1.165, 1.54) is 0 Å². The lowest BCUT2D eigenvalue weighted by molar-refractivity contribution is 0.00102. The van der Waals surface area contributed by atoms with Gasteiger partial charge in [0.1, 0.15) is 5.76 Å². The molecule has 2 heterocycles. The van der Waals surface area contributed by atoms with Gasteiger partial charge in [0.05, 0.1) is 31.1 Å². The molecule has 8 nitrogen and oxygen atoms in total. The molecule has 2 atom stereocenters. The van der Waals surface area contributed by atoms with E-state index in [0.717, 1.165) is 62.2 Å². The predicted molar refractivity (Wildman–Crippen MR) is 121 cm³/mol. The van der Waals surface area contributed by atoms with Crippen LogP contribution in [0.3, 0.4) is 0 Å². The lowest BCUT2D eigenvalue weighted by Crippen LogP contribution is -2.52. The normalized spacial score (nSPS) is 17.5. The maximum Gasteiger partial charge on any atom is 0.194 e. The Balaban J connectivity index is 1.45. The summed E-state index contributed by atoms with van der Waals surface area (Å²) in [5.41, 5.74) is 2.07. The van der Waals surface area contributed by atoms with Crippen molar-refractivity contribution >= 4 is 5.96 Å². The van der Waals surface area contributed by atoms with Crippen molar-refractivity contribution in [1.29, 1.82) is 0 Å². The third-order valence-corrected chi connectivity index (χ3v) is 5.33. The van der Waals surface area contributed by atoms with E-state index < -0.39 is 6.10 Å². The second kappa shape index (κ2) is 11.8. The van der Waals surface area contributed by atoms with Crippen molar-refractivity contribution in [2.75, 3.05) is 45.9 Å². The number of rotatable bonds is 9. The highest BCUT2D eigenvalue weighted by Crippen LogP contribution is 2.16. The van der Waals surface area contributed by atoms with Crippen LogP contribution in [0, 0.1) is 6.92 Å². The Hall–Kier alpha value is -2.42. The van der Waals surface area contributed by atoms with Crippen molar-refractivity contribution in [2.24, 2.45) is 4.99 Å². The zero-order valence-electron chi connectivity index (χ0n) is 18.8. The Kier molecular flexibility index (Phi) is 8.87. The summed E-state index contributed by atoms with van der Waals surface area (Å²) >= 11 is 0. The number of nitrogens with zero attached hydrogens (tertiary/aromatic N) is 4. The number of piperazine rings is 1. The molecule has 0 radical (unpaired) electrons. The molecule has 1 saturated heterocycles. The monoisotopic (exact) mass is 429 g/mol. The molecular weight excluding hydrogens is 394 g/mol. The fourth-order valence-electron chi connectivity index (χ4n) is 3.59. The molecule has 0 spiro atoms. The van der Waals surface area contributed by atoms with Gasteiger partial charge in [-0.1, -0.05) is 35.5 Å². The zero-order chi connectivity index (χ0) is 22.1. The predicted octanol–water partition coefficient (Wildman–Crippen LogP) is 2.20. The van der Waals surface area contributed by atoms with Crippen molar-refractivity contribution in [3.05, 3.63) is 53.4 Å². The molecule has 0 saturated carbocycles. The molecular formula is C23H35N5O3. The SMILES string of the molecule is CCNC(=NCC(O)COC(C)c1ccccc1)N1CCN(Cc2cc(C)on2)CC1. The van der Waals surface area contributed by atoms with Gasteiger partial charge in [-0.05, 0) is 26.3 Å². The third kappa shape index (κ3) is 7.34. The zero-order valence-corrected chi connectivity index (χ0v) is 18.8. The molecule has 31 heavy (non-hydrogen) atoms. The van der Waals surface area contributed by atoms with Gasteiger partial charge in [-0.15, -0.1) is 0 Å². The second-order valence-corrected chi connectivity index (χ2v) is 7.93. The molecule has 3 rings (SSSR count). The molecule has 1 fully saturated rings. The Bertz CT molecular complexity index is 803. The molecule has 1 aliphatic rings. The first kappa shape index (κ1) is 23.2. The first-order chi connectivity index (χ1) is 15.0. The molecule has 1 aromatic heterocycles. The van der Waals surface area contributed by atoms with E-state index in [1.54, 1.807) is 0 Å². The van der Waals surface area contributed by atoms with Crippen LogP contribution in [0.5, 0.6) is 0 Å². The smallest absolute Gasteiger partial charge is 0.194 e. The van der Waals surface area contributed by atoms with E-state index in [2.05, 4.69) is 32.2 Å². The minimum atomic E-state index is -0.642. The van der Waals surface area contributed by atoms with Crippen LogP contribution in [0.2, 0.25) is 0 Å². The summed E-state index contributed by atoms with van der Waals surface area (Å²) in [5, 5.41) is 17.8. The highest BCUT2D eigenvalue weighted by atomic mass is 16.5. The number of ether oxygens (including phenoxy) is 1. The Labute approximate surface area is 184 Å². The highest BCUT2D eigenvalue weighted by Gasteiger charge is 2.21. The number of aromatic nitrogens is 1. The van der Waals surface area contributed by atoms with Gasteiger partial charge in [0, 0.05) is 45.3 Å². The molecule has 8 heteroatoms. The number of aliphatic imine (C=N–C) groups is 1. The second-order valence-electron chi connectivity index (χ2n) is 7.93. The average molecular weight is 430 g/mol. The largest absolute Gasteiger partial charge is 0.389 e. The van der Waals surface area contributed by atoms with Gasteiger partial charge in [0.25, 0.3) is 0 Å². The average Bonchev–Trinajstić information content (AvgIpc) is 3.20. The molecule has 2 unspecified atom stereocenters. The standard InChI is InChI=1S/C23H35N5O3/c1-4-24-23(25-15-22(29)17-30-19(3)20-8-6-5-7-9-20)28-12-10-27(11-13-28)16-21-14-18(2)31-26-21/h5-9,14,19,22,29H,4,10-13,15-17H2,1-3H3,(H,24,25). The van der Waals surface area contributed by atoms with E-state index >= 15 is 0 Å². The summed E-state index contributed by atoms with van der Waals surface area (Å²) in [6.45, 7) is 11.7. The van der Waals surface area contributed by atoms with Gasteiger partial charge in [-0.3, -0.25) is 9.89 Å². The van der Waals surface area contributed by atoms with Crippen LogP contribution in [0.1, 0.15) is 37.0 Å². The van der Waals surface area contributed by atoms with Crippen LogP contribution in [0.15, 0.2) is 45.9 Å². The number of aryl methyl sites for hydroxylation is 1. The van der Waals surface area contributed by atoms with Crippen molar-refractivity contribution in [3.63, 3.8) is 0 Å². The van der Waals surface area contributed by atoms with Crippen LogP contribution >= 0.6 is 0 Å². The molecule has 1 aliphatic heterocycles. The van der Waals surface area contributed by atoms with Crippen LogP contribution < -0.4 is 5.32 Å². The Morgan fingerprint density at radius 3 is 2.65 bits per heavy atom. The van der Waals surface area contributed by atoms with Crippen LogP contribution in [-0.2, 0) is 11.3 Å². The highest BCUT2D eigenvalue weighted by molar-refractivity contribution is 5.80. The van der Waals surface area contributed by atoms with Crippen molar-refractivity contribution in [2.45, 2.75) is 39.5 Å². The van der Waals surface area contributed by atoms with Crippen molar-refractivity contribution in [3.8, 4) is 0 Å². The van der Waals surface area contributed by atoms with Gasteiger partial charge in [-0.25, -0.2) is 0 Å². The number of guanidine groups is 1. The number of aliphatic hydroxyl groups excluding tert-OH is 1. The van der Waals surface area contributed by atoms with Gasteiger partial charge < -0.3 is 24.6 Å². The number of benzene rings is 1. The Morgan fingerprint density at radius 2 is 2.00 bits per heavy atom.